The zero-order valence-corrected chi connectivity index (χ0v) is 22.1. The third-order valence-corrected chi connectivity index (χ3v) is 7.27. The first kappa shape index (κ1) is 28.0. The molecule has 200 valence electrons. The van der Waals surface area contributed by atoms with Gasteiger partial charge in [0.2, 0.25) is 12.7 Å². The van der Waals surface area contributed by atoms with Gasteiger partial charge in [0.05, 0.1) is 12.5 Å². The van der Waals surface area contributed by atoms with Crippen LogP contribution in [0.2, 0.25) is 0 Å². The summed E-state index contributed by atoms with van der Waals surface area (Å²) in [4.78, 5) is 30.0. The molecule has 3 rings (SSSR count). The van der Waals surface area contributed by atoms with Crippen LogP contribution in [0.15, 0.2) is 30.4 Å². The number of carbonyl (C=O) groups excluding carboxylic acids is 1. The third kappa shape index (κ3) is 6.79. The molecule has 0 radical (unpaired) electrons. The number of aliphatic hydroxyl groups is 1. The lowest BCUT2D eigenvalue weighted by Gasteiger charge is -2.34. The normalized spacial score (nSPS) is 21.9. The highest BCUT2D eigenvalue weighted by Gasteiger charge is 2.48. The number of aliphatic carboxylic acids is 1. The monoisotopic (exact) mass is 502 g/mol. The summed E-state index contributed by atoms with van der Waals surface area (Å²) in [6.45, 7) is 10.2. The number of carboxylic acid groups (broad SMARTS) is 1. The number of amides is 1. The van der Waals surface area contributed by atoms with E-state index in [1.165, 1.54) is 0 Å². The van der Waals surface area contributed by atoms with Crippen LogP contribution < -0.4 is 9.47 Å². The Bertz CT molecular complexity index is 923. The van der Waals surface area contributed by atoms with E-state index in [1.807, 2.05) is 36.1 Å². The molecule has 8 heteroatoms. The van der Waals surface area contributed by atoms with Crippen LogP contribution in [-0.2, 0) is 9.59 Å². The van der Waals surface area contributed by atoms with Gasteiger partial charge in [0.15, 0.2) is 11.5 Å². The molecular formula is C28H42N2O6. The molecule has 8 nitrogen and oxygen atoms in total. The van der Waals surface area contributed by atoms with Gasteiger partial charge in [-0.25, -0.2) is 0 Å². The van der Waals surface area contributed by atoms with Crippen LogP contribution in [0.3, 0.4) is 0 Å². The van der Waals surface area contributed by atoms with E-state index in [2.05, 4.69) is 31.7 Å². The first-order valence-corrected chi connectivity index (χ1v) is 13.1. The van der Waals surface area contributed by atoms with Crippen molar-refractivity contribution in [2.24, 2.45) is 11.3 Å². The van der Waals surface area contributed by atoms with E-state index >= 15 is 0 Å². The number of ether oxygens (including phenoxy) is 2. The summed E-state index contributed by atoms with van der Waals surface area (Å²) in [6.07, 6.45) is 7.12. The molecule has 1 aromatic carbocycles. The molecule has 0 bridgehead atoms. The maximum atomic E-state index is 13.4. The van der Waals surface area contributed by atoms with Gasteiger partial charge in [-0.05, 0) is 49.3 Å². The molecule has 3 unspecified atom stereocenters. The second kappa shape index (κ2) is 12.6. The van der Waals surface area contributed by atoms with Crippen molar-refractivity contribution in [3.05, 3.63) is 35.9 Å². The van der Waals surface area contributed by atoms with Gasteiger partial charge in [0, 0.05) is 38.2 Å². The number of likely N-dealkylation sites (tertiary alicyclic amines) is 1. The number of rotatable bonds is 13. The highest BCUT2D eigenvalue weighted by Crippen LogP contribution is 2.45. The standard InChI is InChI=1S/C28H42N2O6/c1-5-7-12-29(13-8-14-31)25(32)18-30-17-21(20-9-10-23-24(15-20)36-19-35-23)26(27(33)34)22(30)16-28(3,4)11-6-2/h6,9-11,15,21-22,26,31H,5,7-8,12-14,16-19H2,1-4H3,(H,33,34)/b11-6+. The van der Waals surface area contributed by atoms with Gasteiger partial charge in [-0.15, -0.1) is 0 Å². The lowest BCUT2D eigenvalue weighted by Crippen LogP contribution is -2.46. The Morgan fingerprint density at radius 3 is 2.58 bits per heavy atom. The largest absolute Gasteiger partial charge is 0.481 e. The number of carboxylic acids is 1. The highest BCUT2D eigenvalue weighted by molar-refractivity contribution is 5.79. The van der Waals surface area contributed by atoms with Crippen molar-refractivity contribution < 1.29 is 29.3 Å². The molecule has 1 amide bonds. The zero-order valence-electron chi connectivity index (χ0n) is 22.1. The number of hydrogen-bond donors (Lipinski definition) is 2. The van der Waals surface area contributed by atoms with Crippen molar-refractivity contribution in [3.8, 4) is 11.5 Å². The van der Waals surface area contributed by atoms with Crippen molar-refractivity contribution >= 4 is 11.9 Å². The van der Waals surface area contributed by atoms with Crippen molar-refractivity contribution in [2.45, 2.75) is 65.3 Å². The van der Waals surface area contributed by atoms with Crippen molar-refractivity contribution in [1.29, 1.82) is 0 Å². The molecule has 0 aliphatic carbocycles. The topological polar surface area (TPSA) is 99.5 Å². The highest BCUT2D eigenvalue weighted by atomic mass is 16.7. The van der Waals surface area contributed by atoms with Gasteiger partial charge in [0.25, 0.3) is 0 Å². The summed E-state index contributed by atoms with van der Waals surface area (Å²) >= 11 is 0. The molecule has 2 N–H and O–H groups in total. The first-order valence-electron chi connectivity index (χ1n) is 13.1. The molecule has 2 heterocycles. The Morgan fingerprint density at radius 2 is 1.92 bits per heavy atom. The molecule has 2 aliphatic heterocycles. The Morgan fingerprint density at radius 1 is 1.19 bits per heavy atom. The van der Waals surface area contributed by atoms with Crippen LogP contribution in [0.5, 0.6) is 11.5 Å². The lowest BCUT2D eigenvalue weighted by molar-refractivity contribution is -0.144. The molecule has 0 spiro atoms. The summed E-state index contributed by atoms with van der Waals surface area (Å²) in [5.41, 5.74) is 0.662. The van der Waals surface area contributed by atoms with E-state index in [1.54, 1.807) is 0 Å². The molecule has 1 saturated heterocycles. The number of unbranched alkanes of at least 4 members (excludes halogenated alkanes) is 1. The Kier molecular flexibility index (Phi) is 9.79. The minimum absolute atomic E-state index is 0.0128. The summed E-state index contributed by atoms with van der Waals surface area (Å²) in [7, 11) is 0. The maximum absolute atomic E-state index is 13.4. The first-order chi connectivity index (χ1) is 17.2. The van der Waals surface area contributed by atoms with Crippen LogP contribution in [0.1, 0.15) is 64.9 Å². The molecular weight excluding hydrogens is 460 g/mol. The summed E-state index contributed by atoms with van der Waals surface area (Å²) in [5.74, 6) is -0.510. The number of benzene rings is 1. The minimum Gasteiger partial charge on any atom is -0.481 e. The smallest absolute Gasteiger partial charge is 0.308 e. The van der Waals surface area contributed by atoms with Crippen LogP contribution in [0, 0.1) is 11.3 Å². The van der Waals surface area contributed by atoms with E-state index < -0.39 is 11.9 Å². The van der Waals surface area contributed by atoms with Gasteiger partial charge in [-0.3, -0.25) is 14.5 Å². The summed E-state index contributed by atoms with van der Waals surface area (Å²) in [6, 6.07) is 5.34. The molecule has 0 saturated carbocycles. The van der Waals surface area contributed by atoms with Gasteiger partial charge in [0.1, 0.15) is 0 Å². The predicted octanol–water partition coefficient (Wildman–Crippen LogP) is 3.89. The molecule has 0 aromatic heterocycles. The van der Waals surface area contributed by atoms with E-state index in [9.17, 15) is 19.8 Å². The van der Waals surface area contributed by atoms with Crippen LogP contribution >= 0.6 is 0 Å². The van der Waals surface area contributed by atoms with Gasteiger partial charge < -0.3 is 24.6 Å². The molecule has 36 heavy (non-hydrogen) atoms. The van der Waals surface area contributed by atoms with Crippen molar-refractivity contribution in [2.75, 3.05) is 39.6 Å². The van der Waals surface area contributed by atoms with Crippen LogP contribution in [0.25, 0.3) is 0 Å². The molecule has 2 aliphatic rings. The number of aliphatic hydroxyl groups excluding tert-OH is 1. The Labute approximate surface area is 214 Å². The average Bonchev–Trinajstić information content (AvgIpc) is 3.43. The SMILES string of the molecule is C/C=C/C(C)(C)CC1C(C(=O)O)C(c2ccc3c(c2)OCO3)CN1CC(=O)N(CCCC)CCCO. The molecule has 3 atom stereocenters. The second-order valence-electron chi connectivity index (χ2n) is 10.6. The summed E-state index contributed by atoms with van der Waals surface area (Å²) < 4.78 is 11.0. The number of carbonyl (C=O) groups is 2. The number of fused-ring (bicyclic) bond motifs is 1. The fourth-order valence-electron chi connectivity index (χ4n) is 5.53. The average molecular weight is 503 g/mol. The van der Waals surface area contributed by atoms with Gasteiger partial charge in [-0.2, -0.15) is 0 Å². The van der Waals surface area contributed by atoms with E-state index in [0.29, 0.717) is 44.0 Å². The van der Waals surface area contributed by atoms with Gasteiger partial charge in [-0.1, -0.05) is 45.4 Å². The van der Waals surface area contributed by atoms with E-state index in [4.69, 9.17) is 9.47 Å². The lowest BCUT2D eigenvalue weighted by atomic mass is 9.77. The van der Waals surface area contributed by atoms with Crippen molar-refractivity contribution in [1.82, 2.24) is 9.80 Å². The molecule has 1 fully saturated rings. The minimum atomic E-state index is -0.850. The van der Waals surface area contributed by atoms with Crippen LogP contribution in [-0.4, -0.2) is 77.5 Å². The quantitative estimate of drug-likeness (QED) is 0.395. The van der Waals surface area contributed by atoms with Crippen LogP contribution in [0.4, 0.5) is 0 Å². The van der Waals surface area contributed by atoms with Gasteiger partial charge >= 0.3 is 5.97 Å². The molecule has 1 aromatic rings. The second-order valence-corrected chi connectivity index (χ2v) is 10.6. The Hall–Kier alpha value is -2.58. The maximum Gasteiger partial charge on any atom is 0.308 e. The zero-order chi connectivity index (χ0) is 26.3. The third-order valence-electron chi connectivity index (χ3n) is 7.27. The van der Waals surface area contributed by atoms with Crippen molar-refractivity contribution in [3.63, 3.8) is 0 Å². The fraction of sp³-hybridized carbons (Fsp3) is 0.643. The van der Waals surface area contributed by atoms with E-state index in [0.717, 1.165) is 18.4 Å². The number of allylic oxidation sites excluding steroid dienone is 2. The Balaban J connectivity index is 1.91. The fourth-order valence-corrected chi connectivity index (χ4v) is 5.53. The summed E-state index contributed by atoms with van der Waals surface area (Å²) in [5, 5.41) is 19.7. The van der Waals surface area contributed by atoms with E-state index in [-0.39, 0.29) is 43.2 Å². The number of nitrogens with zero attached hydrogens (tertiary/aromatic N) is 2. The predicted molar refractivity (Wildman–Crippen MR) is 138 cm³/mol. The number of hydrogen-bond acceptors (Lipinski definition) is 6.